The summed E-state index contributed by atoms with van der Waals surface area (Å²) < 4.78 is 47.0. The maximum absolute atomic E-state index is 12.5. The fraction of sp³-hybridized carbons (Fsp3) is 0.333. The molecule has 1 fully saturated rings. The number of hydrogen-bond donors (Lipinski definition) is 2. The van der Waals surface area contributed by atoms with Crippen molar-refractivity contribution in [2.75, 3.05) is 12.9 Å². The van der Waals surface area contributed by atoms with Crippen LogP contribution in [-0.4, -0.2) is 70.5 Å². The predicted octanol–water partition coefficient (Wildman–Crippen LogP) is -0.662. The third-order valence-corrected chi connectivity index (χ3v) is 5.92. The van der Waals surface area contributed by atoms with E-state index in [0.29, 0.717) is 6.26 Å². The summed E-state index contributed by atoms with van der Waals surface area (Å²) in [6.45, 7) is 0.295. The molecule has 0 bridgehead atoms. The van der Waals surface area contributed by atoms with Gasteiger partial charge in [0, 0.05) is 6.92 Å². The Morgan fingerprint density at radius 1 is 1.24 bits per heavy atom. The minimum Gasteiger partial charge on any atom is -0.459 e. The van der Waals surface area contributed by atoms with Crippen molar-refractivity contribution >= 4 is 33.2 Å². The first-order chi connectivity index (χ1) is 17.4. The molecule has 37 heavy (non-hydrogen) atoms. The molecule has 1 saturated heterocycles. The van der Waals surface area contributed by atoms with Crippen LogP contribution in [0.1, 0.15) is 23.5 Å². The molecule has 2 aromatic heterocycles. The summed E-state index contributed by atoms with van der Waals surface area (Å²) in [5, 5.41) is 10.1. The Hall–Kier alpha value is -4.33. The maximum Gasteiger partial charge on any atom is 0.338 e. The van der Waals surface area contributed by atoms with E-state index in [0.717, 1.165) is 17.8 Å². The molecule has 3 aromatic rings. The monoisotopic (exact) mass is 533 g/mol. The molecule has 3 heterocycles. The topological polar surface area (TPSA) is 213 Å². The number of benzene rings is 1. The van der Waals surface area contributed by atoms with Crippen LogP contribution in [0.2, 0.25) is 0 Å². The van der Waals surface area contributed by atoms with Crippen LogP contribution in [0.5, 0.6) is 0 Å². The van der Waals surface area contributed by atoms with Gasteiger partial charge in [-0.3, -0.25) is 24.1 Å². The zero-order chi connectivity index (χ0) is 27.0. The van der Waals surface area contributed by atoms with Crippen LogP contribution in [0.4, 0.5) is 0 Å². The molecular formula is C21H19N5O10S. The van der Waals surface area contributed by atoms with Crippen molar-refractivity contribution in [3.8, 4) is 6.07 Å². The summed E-state index contributed by atoms with van der Waals surface area (Å²) in [4.78, 5) is 56.9. The molecule has 4 rings (SSSR count). The number of hydrogen-bond acceptors (Lipinski definition) is 12. The maximum atomic E-state index is 12.5. The lowest BCUT2D eigenvalue weighted by atomic mass is 9.93. The third kappa shape index (κ3) is 5.00. The number of carbonyl (C=O) groups excluding carboxylic acids is 2. The van der Waals surface area contributed by atoms with E-state index in [2.05, 4.69) is 9.97 Å². The summed E-state index contributed by atoms with van der Waals surface area (Å²) in [6.07, 6.45) is -3.28. The van der Waals surface area contributed by atoms with Gasteiger partial charge in [0.05, 0.1) is 11.8 Å². The van der Waals surface area contributed by atoms with Crippen LogP contribution in [0, 0.1) is 11.3 Å². The Kier molecular flexibility index (Phi) is 6.69. The number of carbonyl (C=O) groups is 2. The van der Waals surface area contributed by atoms with Crippen molar-refractivity contribution < 1.29 is 36.4 Å². The first kappa shape index (κ1) is 25.8. The van der Waals surface area contributed by atoms with Crippen molar-refractivity contribution in [3.63, 3.8) is 0 Å². The van der Waals surface area contributed by atoms with Crippen molar-refractivity contribution in [1.82, 2.24) is 19.5 Å². The molecule has 2 N–H and O–H groups in total. The van der Waals surface area contributed by atoms with Crippen molar-refractivity contribution in [3.05, 3.63) is 63.1 Å². The van der Waals surface area contributed by atoms with Gasteiger partial charge in [-0.25, -0.2) is 18.8 Å². The molecule has 0 unspecified atom stereocenters. The number of esters is 2. The minimum atomic E-state index is -4.39. The Morgan fingerprint density at radius 3 is 2.57 bits per heavy atom. The Bertz CT molecular complexity index is 1620. The van der Waals surface area contributed by atoms with Gasteiger partial charge in [-0.15, -0.1) is 0 Å². The minimum absolute atomic E-state index is 0.163. The quantitative estimate of drug-likeness (QED) is 0.286. The van der Waals surface area contributed by atoms with E-state index in [-0.39, 0.29) is 16.7 Å². The van der Waals surface area contributed by atoms with Gasteiger partial charge in [-0.05, 0) is 12.1 Å². The van der Waals surface area contributed by atoms with Crippen molar-refractivity contribution in [2.45, 2.75) is 31.0 Å². The lowest BCUT2D eigenvalue weighted by Gasteiger charge is -2.30. The number of nitrogens with one attached hydrogen (secondary N) is 2. The second kappa shape index (κ2) is 9.61. The normalized spacial score (nSPS) is 23.4. The Morgan fingerprint density at radius 2 is 1.95 bits per heavy atom. The van der Waals surface area contributed by atoms with Gasteiger partial charge in [0.1, 0.15) is 25.1 Å². The number of fused-ring (bicyclic) bond motifs is 1. The molecule has 0 amide bonds. The van der Waals surface area contributed by atoms with Gasteiger partial charge in [0.15, 0.2) is 23.5 Å². The summed E-state index contributed by atoms with van der Waals surface area (Å²) in [6, 6.07) is 9.49. The molecular weight excluding hydrogens is 514 g/mol. The molecule has 194 valence electrons. The SMILES string of the molecule is CC(=O)O[C@H]1[C@H](n2cnc3[nH]c(=O)[nH]c(=O)c32)O[C@H](COC(=O)c2ccccc2)[C@@]1(C#N)OS(C)(=O)=O. The average molecular weight is 533 g/mol. The largest absolute Gasteiger partial charge is 0.459 e. The smallest absolute Gasteiger partial charge is 0.338 e. The highest BCUT2D eigenvalue weighted by Gasteiger charge is 2.64. The highest BCUT2D eigenvalue weighted by Crippen LogP contribution is 2.43. The zero-order valence-corrected chi connectivity index (χ0v) is 20.1. The summed E-state index contributed by atoms with van der Waals surface area (Å²) in [5.41, 5.74) is -4.53. The molecule has 1 aliphatic heterocycles. The average Bonchev–Trinajstić information content (AvgIpc) is 3.36. The molecule has 1 aliphatic rings. The number of imidazole rings is 1. The van der Waals surface area contributed by atoms with E-state index >= 15 is 0 Å². The lowest BCUT2D eigenvalue weighted by Crippen LogP contribution is -2.53. The predicted molar refractivity (Wildman–Crippen MR) is 121 cm³/mol. The molecule has 15 nitrogen and oxygen atoms in total. The summed E-state index contributed by atoms with van der Waals surface area (Å²) in [7, 11) is -4.39. The van der Waals surface area contributed by atoms with E-state index in [1.807, 2.05) is 4.98 Å². The summed E-state index contributed by atoms with van der Waals surface area (Å²) in [5.74, 6) is -1.76. The van der Waals surface area contributed by atoms with E-state index in [4.69, 9.17) is 18.4 Å². The molecule has 1 aromatic carbocycles. The standard InChI is InChI=1S/C21H19N5O10S/c1-11(27)34-15-18(26-10-23-16-14(26)17(28)25-20(30)24-16)35-13(21(15,9-22)36-37(2,31)32)8-33-19(29)12-6-4-3-5-7-12/h3-7,10,13,15,18H,8H2,1-2H3,(H2,24,25,28,30)/t13-,15+,18-,21-/m1/s1. The van der Waals surface area contributed by atoms with Gasteiger partial charge < -0.3 is 14.2 Å². The summed E-state index contributed by atoms with van der Waals surface area (Å²) >= 11 is 0. The van der Waals surface area contributed by atoms with Gasteiger partial charge in [0.25, 0.3) is 15.7 Å². The fourth-order valence-electron chi connectivity index (χ4n) is 3.92. The number of aromatic nitrogens is 4. The Balaban J connectivity index is 1.81. The first-order valence-corrected chi connectivity index (χ1v) is 12.3. The highest BCUT2D eigenvalue weighted by atomic mass is 32.2. The van der Waals surface area contributed by atoms with E-state index < -0.39 is 63.9 Å². The second-order valence-electron chi connectivity index (χ2n) is 7.96. The van der Waals surface area contributed by atoms with E-state index in [1.165, 1.54) is 12.1 Å². The Labute approximate surface area is 207 Å². The number of nitriles is 1. The molecule has 0 spiro atoms. The van der Waals surface area contributed by atoms with E-state index in [9.17, 15) is 32.9 Å². The molecule has 0 radical (unpaired) electrons. The van der Waals surface area contributed by atoms with Gasteiger partial charge in [-0.2, -0.15) is 13.7 Å². The molecule has 0 aliphatic carbocycles. The number of nitrogens with zero attached hydrogens (tertiary/aromatic N) is 3. The number of aromatic amines is 2. The number of ether oxygens (including phenoxy) is 3. The number of H-pyrrole nitrogens is 2. The van der Waals surface area contributed by atoms with Gasteiger partial charge in [-0.1, -0.05) is 18.2 Å². The van der Waals surface area contributed by atoms with Gasteiger partial charge >= 0.3 is 17.6 Å². The van der Waals surface area contributed by atoms with Crippen LogP contribution >= 0.6 is 0 Å². The van der Waals surface area contributed by atoms with Gasteiger partial charge in [0.2, 0.25) is 5.60 Å². The van der Waals surface area contributed by atoms with Crippen molar-refractivity contribution in [1.29, 1.82) is 5.26 Å². The van der Waals surface area contributed by atoms with Crippen LogP contribution in [0.3, 0.4) is 0 Å². The second-order valence-corrected chi connectivity index (χ2v) is 9.53. The lowest BCUT2D eigenvalue weighted by molar-refractivity contribution is -0.157. The highest BCUT2D eigenvalue weighted by molar-refractivity contribution is 7.86. The first-order valence-electron chi connectivity index (χ1n) is 10.5. The van der Waals surface area contributed by atoms with Crippen LogP contribution < -0.4 is 11.2 Å². The van der Waals surface area contributed by atoms with Crippen LogP contribution in [0.25, 0.3) is 11.2 Å². The molecule has 0 saturated carbocycles. The van der Waals surface area contributed by atoms with Crippen LogP contribution in [-0.2, 0) is 33.3 Å². The molecule has 4 atom stereocenters. The van der Waals surface area contributed by atoms with E-state index in [1.54, 1.807) is 24.3 Å². The number of rotatable bonds is 7. The molecule has 16 heteroatoms. The third-order valence-electron chi connectivity index (χ3n) is 5.34. The van der Waals surface area contributed by atoms with Crippen molar-refractivity contribution in [2.24, 2.45) is 0 Å². The zero-order valence-electron chi connectivity index (χ0n) is 19.2. The fourth-order valence-corrected chi connectivity index (χ4v) is 4.66. The van der Waals surface area contributed by atoms with Crippen LogP contribution in [0.15, 0.2) is 46.2 Å².